The molecule has 0 saturated carbocycles. The van der Waals surface area contributed by atoms with Crippen LogP contribution in [0.4, 0.5) is 5.69 Å². The highest BCUT2D eigenvalue weighted by Crippen LogP contribution is 2.32. The Hall–Kier alpha value is -2.88. The minimum atomic E-state index is 0.559. The van der Waals surface area contributed by atoms with Crippen LogP contribution in [0.1, 0.15) is 0 Å². The van der Waals surface area contributed by atoms with Gasteiger partial charge in [0.25, 0.3) is 0 Å². The normalized spacial score (nSPS) is 11.2. The number of anilines is 1. The highest BCUT2D eigenvalue weighted by Gasteiger charge is 2.12. The second-order valence-electron chi connectivity index (χ2n) is 4.62. The van der Waals surface area contributed by atoms with Gasteiger partial charge in [0.15, 0.2) is 5.58 Å². The quantitative estimate of drug-likeness (QED) is 0.531. The minimum Gasteiger partial charge on any atom is -0.435 e. The fourth-order valence-electron chi connectivity index (χ4n) is 2.39. The number of aromatic nitrogens is 2. The molecule has 4 rings (SSSR count). The summed E-state index contributed by atoms with van der Waals surface area (Å²) in [5, 5.41) is 1.96. The van der Waals surface area contributed by atoms with Crippen LogP contribution >= 0.6 is 0 Å². The summed E-state index contributed by atoms with van der Waals surface area (Å²) in [6.45, 7) is 0. The molecule has 0 aliphatic heterocycles. The predicted molar refractivity (Wildman–Crippen MR) is 79.2 cm³/mol. The van der Waals surface area contributed by atoms with Crippen molar-refractivity contribution in [3.8, 4) is 11.5 Å². The minimum absolute atomic E-state index is 0.559. The van der Waals surface area contributed by atoms with E-state index in [2.05, 4.69) is 9.97 Å². The van der Waals surface area contributed by atoms with Gasteiger partial charge in [0.05, 0.1) is 5.56 Å². The van der Waals surface area contributed by atoms with Crippen molar-refractivity contribution in [3.05, 3.63) is 54.9 Å². The summed E-state index contributed by atoms with van der Waals surface area (Å²) >= 11 is 0. The first-order valence-corrected chi connectivity index (χ1v) is 6.31. The summed E-state index contributed by atoms with van der Waals surface area (Å²) in [5.41, 5.74) is 9.16. The molecular formula is C16H11N3O. The van der Waals surface area contributed by atoms with E-state index in [1.54, 1.807) is 12.4 Å². The fraction of sp³-hybridized carbons (Fsp3) is 0. The summed E-state index contributed by atoms with van der Waals surface area (Å²) in [6.07, 6.45) is 3.45. The second-order valence-corrected chi connectivity index (χ2v) is 4.62. The van der Waals surface area contributed by atoms with Gasteiger partial charge in [-0.1, -0.05) is 24.3 Å². The Balaban J connectivity index is 2.07. The molecule has 2 heterocycles. The van der Waals surface area contributed by atoms with Crippen molar-refractivity contribution in [1.82, 2.24) is 9.97 Å². The Kier molecular flexibility index (Phi) is 2.23. The van der Waals surface area contributed by atoms with Crippen molar-refractivity contribution in [2.24, 2.45) is 0 Å². The number of hydrogen-bond acceptors (Lipinski definition) is 4. The number of nitrogens with zero attached hydrogens (tertiary/aromatic N) is 2. The van der Waals surface area contributed by atoms with Crippen LogP contribution in [-0.2, 0) is 0 Å². The van der Waals surface area contributed by atoms with Crippen LogP contribution in [0, 0.1) is 0 Å². The van der Waals surface area contributed by atoms with E-state index in [9.17, 15) is 0 Å². The Morgan fingerprint density at radius 3 is 2.65 bits per heavy atom. The molecule has 4 aromatic rings. The van der Waals surface area contributed by atoms with E-state index in [0.29, 0.717) is 11.6 Å². The monoisotopic (exact) mass is 261 g/mol. The average Bonchev–Trinajstić information content (AvgIpc) is 2.93. The van der Waals surface area contributed by atoms with Crippen LogP contribution in [0.3, 0.4) is 0 Å². The zero-order valence-electron chi connectivity index (χ0n) is 10.6. The summed E-state index contributed by atoms with van der Waals surface area (Å²) in [4.78, 5) is 8.59. The molecule has 2 N–H and O–H groups in total. The lowest BCUT2D eigenvalue weighted by Gasteiger charge is -2.01. The van der Waals surface area contributed by atoms with Crippen LogP contribution < -0.4 is 5.73 Å². The standard InChI is InChI=1S/C16H11N3O/c17-13-8-14-15(12-6-2-1-5-11(12)13)20-16(19-14)10-4-3-7-18-9-10/h1-9H,17H2. The van der Waals surface area contributed by atoms with Crippen LogP contribution in [0.5, 0.6) is 0 Å². The molecule has 0 aliphatic rings. The molecule has 0 amide bonds. The zero-order chi connectivity index (χ0) is 13.5. The molecule has 4 heteroatoms. The third kappa shape index (κ3) is 1.55. The van der Waals surface area contributed by atoms with Gasteiger partial charge in [-0.3, -0.25) is 4.98 Å². The Bertz CT molecular complexity index is 913. The SMILES string of the molecule is Nc1cc2nc(-c3cccnc3)oc2c2ccccc12. The first-order chi connectivity index (χ1) is 9.83. The van der Waals surface area contributed by atoms with E-state index in [1.165, 1.54) is 0 Å². The van der Waals surface area contributed by atoms with Crippen LogP contribution in [0.2, 0.25) is 0 Å². The maximum absolute atomic E-state index is 6.08. The Labute approximate surface area is 114 Å². The summed E-state index contributed by atoms with van der Waals surface area (Å²) < 4.78 is 5.92. The molecule has 96 valence electrons. The van der Waals surface area contributed by atoms with Gasteiger partial charge in [0.1, 0.15) is 5.52 Å². The number of pyridine rings is 1. The number of fused-ring (bicyclic) bond motifs is 3. The first kappa shape index (κ1) is 11.0. The lowest BCUT2D eigenvalue weighted by Crippen LogP contribution is -1.87. The van der Waals surface area contributed by atoms with Gasteiger partial charge in [-0.25, -0.2) is 4.98 Å². The first-order valence-electron chi connectivity index (χ1n) is 6.31. The molecule has 2 aromatic heterocycles. The van der Waals surface area contributed by atoms with Gasteiger partial charge >= 0.3 is 0 Å². The Morgan fingerprint density at radius 2 is 1.85 bits per heavy atom. The molecule has 0 radical (unpaired) electrons. The van der Waals surface area contributed by atoms with Crippen LogP contribution in [0.15, 0.2) is 59.3 Å². The van der Waals surface area contributed by atoms with Crippen molar-refractivity contribution in [2.45, 2.75) is 0 Å². The summed E-state index contributed by atoms with van der Waals surface area (Å²) in [5.74, 6) is 0.559. The van der Waals surface area contributed by atoms with Gasteiger partial charge in [-0.05, 0) is 18.2 Å². The molecule has 20 heavy (non-hydrogen) atoms. The Morgan fingerprint density at radius 1 is 1.00 bits per heavy atom. The van der Waals surface area contributed by atoms with Crippen molar-refractivity contribution in [2.75, 3.05) is 5.73 Å². The van der Waals surface area contributed by atoms with E-state index in [-0.39, 0.29) is 0 Å². The maximum Gasteiger partial charge on any atom is 0.228 e. The number of nitrogen functional groups attached to an aromatic ring is 1. The summed E-state index contributed by atoms with van der Waals surface area (Å²) in [7, 11) is 0. The molecule has 0 saturated heterocycles. The van der Waals surface area contributed by atoms with Gasteiger partial charge in [-0.15, -0.1) is 0 Å². The molecule has 0 fully saturated rings. The van der Waals surface area contributed by atoms with E-state index >= 15 is 0 Å². The molecule has 0 spiro atoms. The van der Waals surface area contributed by atoms with Gasteiger partial charge in [0, 0.05) is 28.9 Å². The lowest BCUT2D eigenvalue weighted by atomic mass is 10.1. The van der Waals surface area contributed by atoms with Crippen molar-refractivity contribution in [3.63, 3.8) is 0 Å². The van der Waals surface area contributed by atoms with Crippen LogP contribution in [-0.4, -0.2) is 9.97 Å². The number of rotatable bonds is 1. The zero-order valence-corrected chi connectivity index (χ0v) is 10.6. The molecule has 0 unspecified atom stereocenters. The fourth-order valence-corrected chi connectivity index (χ4v) is 2.39. The largest absolute Gasteiger partial charge is 0.435 e. The lowest BCUT2D eigenvalue weighted by molar-refractivity contribution is 0.622. The number of hydrogen-bond donors (Lipinski definition) is 1. The van der Waals surface area contributed by atoms with Crippen molar-refractivity contribution >= 4 is 27.6 Å². The van der Waals surface area contributed by atoms with E-state index in [0.717, 1.165) is 27.4 Å². The smallest absolute Gasteiger partial charge is 0.228 e. The number of nitrogens with two attached hydrogens (primary N) is 1. The number of benzene rings is 2. The van der Waals surface area contributed by atoms with E-state index in [1.807, 2.05) is 42.5 Å². The third-order valence-electron chi connectivity index (χ3n) is 3.34. The molecule has 0 aliphatic carbocycles. The summed E-state index contributed by atoms with van der Waals surface area (Å²) in [6, 6.07) is 13.5. The van der Waals surface area contributed by atoms with Gasteiger partial charge in [-0.2, -0.15) is 0 Å². The van der Waals surface area contributed by atoms with Crippen LogP contribution in [0.25, 0.3) is 33.3 Å². The molecular weight excluding hydrogens is 250 g/mol. The topological polar surface area (TPSA) is 64.9 Å². The van der Waals surface area contributed by atoms with Gasteiger partial charge < -0.3 is 10.2 Å². The highest BCUT2D eigenvalue weighted by molar-refractivity contribution is 6.09. The number of oxazole rings is 1. The second kappa shape index (κ2) is 4.06. The molecule has 0 atom stereocenters. The van der Waals surface area contributed by atoms with Crippen molar-refractivity contribution < 1.29 is 4.42 Å². The third-order valence-corrected chi connectivity index (χ3v) is 3.34. The molecule has 2 aromatic carbocycles. The highest BCUT2D eigenvalue weighted by atomic mass is 16.3. The molecule has 0 bridgehead atoms. The maximum atomic E-state index is 6.08. The van der Waals surface area contributed by atoms with E-state index < -0.39 is 0 Å². The average molecular weight is 261 g/mol. The molecule has 4 nitrogen and oxygen atoms in total. The predicted octanol–water partition coefficient (Wildman–Crippen LogP) is 3.63. The van der Waals surface area contributed by atoms with E-state index in [4.69, 9.17) is 10.2 Å². The van der Waals surface area contributed by atoms with Crippen molar-refractivity contribution in [1.29, 1.82) is 0 Å². The van der Waals surface area contributed by atoms with Gasteiger partial charge in [0.2, 0.25) is 5.89 Å².